The first-order chi connectivity index (χ1) is 8.38. The van der Waals surface area contributed by atoms with Crippen molar-refractivity contribution >= 4 is 5.97 Å². The second-order valence-electron chi connectivity index (χ2n) is 6.37. The molecule has 2 heteroatoms. The lowest BCUT2D eigenvalue weighted by atomic mass is 9.90. The van der Waals surface area contributed by atoms with Crippen LogP contribution >= 0.6 is 0 Å². The van der Waals surface area contributed by atoms with E-state index in [0.29, 0.717) is 6.42 Å². The molecule has 0 aliphatic rings. The van der Waals surface area contributed by atoms with E-state index in [1.807, 2.05) is 6.92 Å². The fraction of sp³-hybridized carbons (Fsp3) is 0.938. The number of hydrogen-bond acceptors (Lipinski definition) is 2. The normalized spacial score (nSPS) is 13.4. The van der Waals surface area contributed by atoms with Gasteiger partial charge in [0.15, 0.2) is 0 Å². The molecule has 0 N–H and O–H groups in total. The van der Waals surface area contributed by atoms with E-state index in [9.17, 15) is 4.79 Å². The van der Waals surface area contributed by atoms with Crippen molar-refractivity contribution in [2.75, 3.05) is 0 Å². The van der Waals surface area contributed by atoms with Crippen LogP contribution in [0.3, 0.4) is 0 Å². The molecule has 0 saturated heterocycles. The highest BCUT2D eigenvalue weighted by Crippen LogP contribution is 2.22. The largest absolute Gasteiger partial charge is 0.462 e. The molecule has 0 aliphatic carbocycles. The zero-order chi connectivity index (χ0) is 14.0. The van der Waals surface area contributed by atoms with Crippen molar-refractivity contribution in [3.8, 4) is 0 Å². The van der Waals surface area contributed by atoms with Crippen LogP contribution in [0.25, 0.3) is 0 Å². The lowest BCUT2D eigenvalue weighted by molar-refractivity contribution is -0.153. The van der Waals surface area contributed by atoms with Crippen LogP contribution < -0.4 is 0 Å². The SMILES string of the molecule is CCCCCCCCCC(=O)O[C@H](C)C(C)(C)C. The summed E-state index contributed by atoms with van der Waals surface area (Å²) in [5, 5.41) is 0. The van der Waals surface area contributed by atoms with Crippen LogP contribution in [0.2, 0.25) is 0 Å². The second kappa shape index (κ2) is 9.41. The van der Waals surface area contributed by atoms with Crippen LogP contribution in [0.4, 0.5) is 0 Å². The average Bonchev–Trinajstić information content (AvgIpc) is 2.26. The molecule has 0 unspecified atom stereocenters. The molecule has 108 valence electrons. The van der Waals surface area contributed by atoms with Crippen molar-refractivity contribution in [3.63, 3.8) is 0 Å². The van der Waals surface area contributed by atoms with Gasteiger partial charge in [-0.15, -0.1) is 0 Å². The minimum atomic E-state index is -0.0361. The van der Waals surface area contributed by atoms with E-state index in [1.54, 1.807) is 0 Å². The molecule has 0 fully saturated rings. The van der Waals surface area contributed by atoms with Gasteiger partial charge >= 0.3 is 5.97 Å². The van der Waals surface area contributed by atoms with Crippen molar-refractivity contribution in [3.05, 3.63) is 0 Å². The molecular formula is C16H32O2. The third kappa shape index (κ3) is 9.49. The quantitative estimate of drug-likeness (QED) is 0.423. The summed E-state index contributed by atoms with van der Waals surface area (Å²) in [6, 6.07) is 0. The molecule has 0 aromatic heterocycles. The molecule has 0 aromatic rings. The van der Waals surface area contributed by atoms with Gasteiger partial charge in [-0.3, -0.25) is 4.79 Å². The van der Waals surface area contributed by atoms with Crippen LogP contribution in [-0.4, -0.2) is 12.1 Å². The highest BCUT2D eigenvalue weighted by Gasteiger charge is 2.23. The van der Waals surface area contributed by atoms with Gasteiger partial charge in [0.2, 0.25) is 0 Å². The average molecular weight is 256 g/mol. The zero-order valence-electron chi connectivity index (χ0n) is 13.1. The molecule has 0 radical (unpaired) electrons. The standard InChI is InChI=1S/C16H32O2/c1-6-7-8-9-10-11-12-13-15(17)18-14(2)16(3,4)5/h14H,6-13H2,1-5H3/t14-/m1/s1. The molecule has 0 saturated carbocycles. The maximum Gasteiger partial charge on any atom is 0.306 e. The molecule has 0 heterocycles. The molecule has 0 aromatic carbocycles. The maximum atomic E-state index is 11.6. The van der Waals surface area contributed by atoms with E-state index < -0.39 is 0 Å². The predicted molar refractivity (Wildman–Crippen MR) is 77.6 cm³/mol. The van der Waals surface area contributed by atoms with Crippen molar-refractivity contribution in [2.24, 2.45) is 5.41 Å². The second-order valence-corrected chi connectivity index (χ2v) is 6.37. The molecule has 1 atom stereocenters. The molecule has 0 bridgehead atoms. The van der Waals surface area contributed by atoms with E-state index in [2.05, 4.69) is 27.7 Å². The number of rotatable bonds is 9. The van der Waals surface area contributed by atoms with Crippen molar-refractivity contribution in [1.29, 1.82) is 0 Å². The molecule has 0 rings (SSSR count). The summed E-state index contributed by atoms with van der Waals surface area (Å²) in [7, 11) is 0. The smallest absolute Gasteiger partial charge is 0.306 e. The third-order valence-electron chi connectivity index (χ3n) is 3.51. The Hall–Kier alpha value is -0.530. The van der Waals surface area contributed by atoms with Gasteiger partial charge in [0.25, 0.3) is 0 Å². The van der Waals surface area contributed by atoms with E-state index in [-0.39, 0.29) is 17.5 Å². The van der Waals surface area contributed by atoms with Gasteiger partial charge in [-0.1, -0.05) is 66.2 Å². The molecule has 0 amide bonds. The van der Waals surface area contributed by atoms with E-state index in [0.717, 1.165) is 12.8 Å². The predicted octanol–water partition coefficient (Wildman–Crippen LogP) is 5.10. The Morgan fingerprint density at radius 1 is 1.00 bits per heavy atom. The number of unbranched alkanes of at least 4 members (excludes halogenated alkanes) is 6. The van der Waals surface area contributed by atoms with Crippen LogP contribution in [0.5, 0.6) is 0 Å². The first-order valence-corrected chi connectivity index (χ1v) is 7.57. The number of carbonyl (C=O) groups is 1. The first kappa shape index (κ1) is 17.5. The van der Waals surface area contributed by atoms with Gasteiger partial charge in [-0.25, -0.2) is 0 Å². The molecule has 0 aliphatic heterocycles. The molecule has 2 nitrogen and oxygen atoms in total. The van der Waals surface area contributed by atoms with E-state index in [4.69, 9.17) is 4.74 Å². The Balaban J connectivity index is 3.48. The summed E-state index contributed by atoms with van der Waals surface area (Å²) in [6.07, 6.45) is 9.22. The minimum Gasteiger partial charge on any atom is -0.462 e. The fourth-order valence-corrected chi connectivity index (χ4v) is 1.66. The Bertz CT molecular complexity index is 216. The number of ether oxygens (including phenoxy) is 1. The van der Waals surface area contributed by atoms with Gasteiger partial charge in [0, 0.05) is 6.42 Å². The van der Waals surface area contributed by atoms with Crippen LogP contribution in [0.15, 0.2) is 0 Å². The summed E-state index contributed by atoms with van der Waals surface area (Å²) in [5.41, 5.74) is 0.0375. The van der Waals surface area contributed by atoms with Crippen LogP contribution in [-0.2, 0) is 9.53 Å². The van der Waals surface area contributed by atoms with Crippen molar-refractivity contribution in [2.45, 2.75) is 92.1 Å². The monoisotopic (exact) mass is 256 g/mol. The van der Waals surface area contributed by atoms with E-state index in [1.165, 1.54) is 32.1 Å². The Kier molecular flexibility index (Phi) is 9.13. The third-order valence-corrected chi connectivity index (χ3v) is 3.51. The first-order valence-electron chi connectivity index (χ1n) is 7.57. The fourth-order valence-electron chi connectivity index (χ4n) is 1.66. The topological polar surface area (TPSA) is 26.3 Å². The molecular weight excluding hydrogens is 224 g/mol. The number of esters is 1. The molecule has 18 heavy (non-hydrogen) atoms. The summed E-state index contributed by atoms with van der Waals surface area (Å²) < 4.78 is 5.42. The Morgan fingerprint density at radius 2 is 1.50 bits per heavy atom. The van der Waals surface area contributed by atoms with Crippen LogP contribution in [0.1, 0.15) is 86.0 Å². The summed E-state index contributed by atoms with van der Waals surface area (Å²) >= 11 is 0. The van der Waals surface area contributed by atoms with Gasteiger partial charge in [0.1, 0.15) is 6.10 Å². The zero-order valence-corrected chi connectivity index (χ0v) is 13.1. The number of hydrogen-bond donors (Lipinski definition) is 0. The highest BCUT2D eigenvalue weighted by atomic mass is 16.5. The summed E-state index contributed by atoms with van der Waals surface area (Å²) in [4.78, 5) is 11.6. The number of carbonyl (C=O) groups excluding carboxylic acids is 1. The Labute approximate surface area is 113 Å². The van der Waals surface area contributed by atoms with E-state index >= 15 is 0 Å². The minimum absolute atomic E-state index is 0.00504. The van der Waals surface area contributed by atoms with Gasteiger partial charge in [-0.05, 0) is 18.8 Å². The lowest BCUT2D eigenvalue weighted by Gasteiger charge is -2.26. The Morgan fingerprint density at radius 3 is 2.00 bits per heavy atom. The van der Waals surface area contributed by atoms with Crippen molar-refractivity contribution < 1.29 is 9.53 Å². The van der Waals surface area contributed by atoms with Crippen LogP contribution in [0, 0.1) is 5.41 Å². The summed E-state index contributed by atoms with van der Waals surface area (Å²) in [6.45, 7) is 10.5. The van der Waals surface area contributed by atoms with Gasteiger partial charge in [-0.2, -0.15) is 0 Å². The lowest BCUT2D eigenvalue weighted by Crippen LogP contribution is -2.28. The summed E-state index contributed by atoms with van der Waals surface area (Å²) in [5.74, 6) is -0.0361. The van der Waals surface area contributed by atoms with Gasteiger partial charge < -0.3 is 4.74 Å². The van der Waals surface area contributed by atoms with Gasteiger partial charge in [0.05, 0.1) is 0 Å². The molecule has 0 spiro atoms. The maximum absolute atomic E-state index is 11.6. The highest BCUT2D eigenvalue weighted by molar-refractivity contribution is 5.69. The van der Waals surface area contributed by atoms with Crippen molar-refractivity contribution in [1.82, 2.24) is 0 Å².